The number of aliphatic hydroxyl groups excluding tert-OH is 1. The molecule has 0 aromatic heterocycles. The lowest BCUT2D eigenvalue weighted by Gasteiger charge is -1.91. The van der Waals surface area contributed by atoms with Crippen molar-refractivity contribution in [1.29, 1.82) is 0 Å². The van der Waals surface area contributed by atoms with Crippen LogP contribution in [0.2, 0.25) is 0 Å². The quantitative estimate of drug-likeness (QED) is 0.320. The van der Waals surface area contributed by atoms with Crippen molar-refractivity contribution in [1.82, 2.24) is 0 Å². The maximum Gasteiger partial charge on any atom is 0.169 e. The molecule has 0 bridgehead atoms. The van der Waals surface area contributed by atoms with E-state index in [9.17, 15) is 4.79 Å². The molecule has 8 heavy (non-hydrogen) atoms. The molecule has 0 atom stereocenters. The SMILES string of the molecule is CC(=O)C(S)=C(C)O. The van der Waals surface area contributed by atoms with Crippen molar-refractivity contribution in [2.24, 2.45) is 0 Å². The second kappa shape index (κ2) is 2.77. The summed E-state index contributed by atoms with van der Waals surface area (Å²) in [5, 5.41) is 8.57. The zero-order valence-corrected chi connectivity index (χ0v) is 5.70. The number of rotatable bonds is 1. The van der Waals surface area contributed by atoms with Crippen LogP contribution < -0.4 is 0 Å². The molecule has 0 rings (SSSR count). The molecule has 0 fully saturated rings. The molecule has 0 aliphatic rings. The Bertz CT molecular complexity index is 133. The van der Waals surface area contributed by atoms with Crippen molar-refractivity contribution in [3.63, 3.8) is 0 Å². The minimum atomic E-state index is -0.215. The molecule has 2 nitrogen and oxygen atoms in total. The van der Waals surface area contributed by atoms with E-state index in [2.05, 4.69) is 12.6 Å². The van der Waals surface area contributed by atoms with Gasteiger partial charge in [0.25, 0.3) is 0 Å². The first kappa shape index (κ1) is 7.56. The third kappa shape index (κ3) is 2.02. The molecule has 1 N–H and O–H groups in total. The molecule has 0 saturated heterocycles. The van der Waals surface area contributed by atoms with Crippen LogP contribution in [0.1, 0.15) is 13.8 Å². The smallest absolute Gasteiger partial charge is 0.169 e. The van der Waals surface area contributed by atoms with Gasteiger partial charge in [0.2, 0.25) is 0 Å². The summed E-state index contributed by atoms with van der Waals surface area (Å²) in [5.74, 6) is -0.242. The predicted molar refractivity (Wildman–Crippen MR) is 35.0 cm³/mol. The lowest BCUT2D eigenvalue weighted by Crippen LogP contribution is -1.91. The molecular weight excluding hydrogens is 124 g/mol. The Morgan fingerprint density at radius 3 is 1.88 bits per heavy atom. The Balaban J connectivity index is 4.23. The fourth-order valence-electron chi connectivity index (χ4n) is 0.255. The summed E-state index contributed by atoms with van der Waals surface area (Å²) in [6.45, 7) is 2.77. The van der Waals surface area contributed by atoms with Crippen LogP contribution in [0.3, 0.4) is 0 Å². The number of Topliss-reactive ketones (excluding diaryl/α,β-unsaturated/α-hetero) is 1. The molecular formula is C5H8O2S. The molecule has 3 heteroatoms. The zero-order valence-electron chi connectivity index (χ0n) is 4.80. The predicted octanol–water partition coefficient (Wildman–Crippen LogP) is 1.29. The monoisotopic (exact) mass is 132 g/mol. The van der Waals surface area contributed by atoms with Crippen molar-refractivity contribution < 1.29 is 9.90 Å². The van der Waals surface area contributed by atoms with E-state index in [1.807, 2.05) is 0 Å². The van der Waals surface area contributed by atoms with E-state index in [-0.39, 0.29) is 16.4 Å². The number of aliphatic hydroxyl groups is 1. The highest BCUT2D eigenvalue weighted by Crippen LogP contribution is 2.05. The Morgan fingerprint density at radius 2 is 1.88 bits per heavy atom. The molecule has 0 radical (unpaired) electrons. The first-order valence-electron chi connectivity index (χ1n) is 2.15. The van der Waals surface area contributed by atoms with Crippen LogP contribution in [-0.2, 0) is 4.79 Å². The molecule has 46 valence electrons. The minimum Gasteiger partial charge on any atom is -0.511 e. The summed E-state index contributed by atoms with van der Waals surface area (Å²) < 4.78 is 0. The van der Waals surface area contributed by atoms with E-state index in [0.29, 0.717) is 0 Å². The summed E-state index contributed by atoms with van der Waals surface area (Å²) in [7, 11) is 0. The van der Waals surface area contributed by atoms with Gasteiger partial charge in [-0.2, -0.15) is 0 Å². The van der Waals surface area contributed by atoms with Gasteiger partial charge in [-0.05, 0) is 13.8 Å². The van der Waals surface area contributed by atoms with Gasteiger partial charge in [-0.25, -0.2) is 0 Å². The van der Waals surface area contributed by atoms with Gasteiger partial charge in [0.1, 0.15) is 5.76 Å². The fraction of sp³-hybridized carbons (Fsp3) is 0.400. The minimum absolute atomic E-state index is 0.0270. The van der Waals surface area contributed by atoms with Gasteiger partial charge < -0.3 is 5.11 Å². The molecule has 0 spiro atoms. The highest BCUT2D eigenvalue weighted by molar-refractivity contribution is 7.85. The third-order valence-electron chi connectivity index (χ3n) is 0.676. The largest absolute Gasteiger partial charge is 0.511 e. The van der Waals surface area contributed by atoms with Crippen molar-refractivity contribution >= 4 is 18.4 Å². The number of ketones is 1. The third-order valence-corrected chi connectivity index (χ3v) is 1.31. The number of thiol groups is 1. The summed E-state index contributed by atoms with van der Waals surface area (Å²) >= 11 is 3.70. The fourth-order valence-corrected chi connectivity index (χ4v) is 0.255. The van der Waals surface area contributed by atoms with E-state index in [4.69, 9.17) is 5.11 Å². The van der Waals surface area contributed by atoms with E-state index < -0.39 is 0 Å². The number of allylic oxidation sites excluding steroid dienone is 2. The van der Waals surface area contributed by atoms with Crippen molar-refractivity contribution in [2.45, 2.75) is 13.8 Å². The number of carbonyl (C=O) groups excluding carboxylic acids is 1. The molecule has 0 aromatic rings. The van der Waals surface area contributed by atoms with E-state index in [1.54, 1.807) is 0 Å². The van der Waals surface area contributed by atoms with Gasteiger partial charge in [0, 0.05) is 0 Å². The standard InChI is InChI=1S/C5H8O2S/c1-3(6)5(8)4(2)7/h6,8H,1-2H3. The van der Waals surface area contributed by atoms with Gasteiger partial charge in [-0.1, -0.05) is 0 Å². The maximum absolute atomic E-state index is 10.3. The molecule has 0 aliphatic carbocycles. The first-order valence-corrected chi connectivity index (χ1v) is 2.60. The summed E-state index contributed by atoms with van der Waals surface area (Å²) in [6, 6.07) is 0. The lowest BCUT2D eigenvalue weighted by molar-refractivity contribution is -0.113. The number of hydrogen-bond acceptors (Lipinski definition) is 3. The normalized spacial score (nSPS) is 12.9. The average molecular weight is 132 g/mol. The molecule has 0 saturated carbocycles. The first-order chi connectivity index (χ1) is 3.55. The van der Waals surface area contributed by atoms with E-state index in [1.165, 1.54) is 13.8 Å². The molecule has 0 amide bonds. The Morgan fingerprint density at radius 1 is 1.50 bits per heavy atom. The van der Waals surface area contributed by atoms with E-state index in [0.717, 1.165) is 0 Å². The van der Waals surface area contributed by atoms with Crippen LogP contribution in [0.25, 0.3) is 0 Å². The highest BCUT2D eigenvalue weighted by Gasteiger charge is 1.99. The van der Waals surface area contributed by atoms with Crippen LogP contribution in [0.5, 0.6) is 0 Å². The number of hydrogen-bond donors (Lipinski definition) is 2. The second-order valence-corrected chi connectivity index (χ2v) is 1.94. The summed E-state index contributed by atoms with van der Waals surface area (Å²) in [6.07, 6.45) is 0. The average Bonchev–Trinajstić information content (AvgIpc) is 1.64. The van der Waals surface area contributed by atoms with Crippen molar-refractivity contribution in [3.8, 4) is 0 Å². The maximum atomic E-state index is 10.3. The molecule has 0 unspecified atom stereocenters. The Labute approximate surface area is 53.6 Å². The number of carbonyl (C=O) groups is 1. The van der Waals surface area contributed by atoms with Crippen LogP contribution >= 0.6 is 12.6 Å². The van der Waals surface area contributed by atoms with Crippen molar-refractivity contribution in [3.05, 3.63) is 10.7 Å². The van der Waals surface area contributed by atoms with Crippen LogP contribution in [0.4, 0.5) is 0 Å². The van der Waals surface area contributed by atoms with Gasteiger partial charge in [-0.15, -0.1) is 12.6 Å². The summed E-state index contributed by atoms with van der Waals surface area (Å²) in [5.41, 5.74) is 0. The van der Waals surface area contributed by atoms with Gasteiger partial charge >= 0.3 is 0 Å². The van der Waals surface area contributed by atoms with Crippen LogP contribution in [0.15, 0.2) is 10.7 Å². The van der Waals surface area contributed by atoms with Gasteiger partial charge in [-0.3, -0.25) is 4.79 Å². The summed E-state index contributed by atoms with van der Waals surface area (Å²) in [4.78, 5) is 10.4. The Kier molecular flexibility index (Phi) is 2.62. The molecule has 0 aliphatic heterocycles. The second-order valence-electron chi connectivity index (χ2n) is 1.49. The topological polar surface area (TPSA) is 37.3 Å². The van der Waals surface area contributed by atoms with Gasteiger partial charge in [0.05, 0.1) is 4.91 Å². The van der Waals surface area contributed by atoms with Crippen molar-refractivity contribution in [2.75, 3.05) is 0 Å². The molecule has 0 heterocycles. The van der Waals surface area contributed by atoms with E-state index >= 15 is 0 Å². The van der Waals surface area contributed by atoms with Gasteiger partial charge in [0.15, 0.2) is 5.78 Å². The lowest BCUT2D eigenvalue weighted by atomic mass is 10.4. The van der Waals surface area contributed by atoms with Crippen LogP contribution in [0, 0.1) is 0 Å². The Hall–Kier alpha value is -0.440. The highest BCUT2D eigenvalue weighted by atomic mass is 32.1. The molecule has 0 aromatic carbocycles. The zero-order chi connectivity index (χ0) is 6.73. The van der Waals surface area contributed by atoms with Crippen LogP contribution in [-0.4, -0.2) is 10.9 Å².